The zero-order valence-electron chi connectivity index (χ0n) is 17.3. The van der Waals surface area contributed by atoms with Crippen LogP contribution in [0.4, 0.5) is 5.69 Å². The molecule has 2 heterocycles. The molecule has 5 heteroatoms. The molecule has 1 saturated heterocycles. The lowest BCUT2D eigenvalue weighted by Gasteiger charge is -2.56. The first-order valence-corrected chi connectivity index (χ1v) is 11.6. The monoisotopic (exact) mass is 403 g/mol. The van der Waals surface area contributed by atoms with Crippen LogP contribution in [0.3, 0.4) is 0 Å². The lowest BCUT2D eigenvalue weighted by atomic mass is 9.49. The molecule has 5 aliphatic rings. The number of nitrogens with one attached hydrogen (secondary N) is 1. The lowest BCUT2D eigenvalue weighted by molar-refractivity contribution is -0.159. The lowest BCUT2D eigenvalue weighted by Crippen LogP contribution is -2.56. The Morgan fingerprint density at radius 3 is 2.43 bits per heavy atom. The first kappa shape index (κ1) is 18.3. The molecule has 0 spiro atoms. The molecule has 5 nitrogen and oxygen atoms in total. The van der Waals surface area contributed by atoms with Crippen LogP contribution in [0.15, 0.2) is 36.5 Å². The minimum atomic E-state index is -0.357. The number of carbonyl (C=O) groups is 2. The van der Waals surface area contributed by atoms with Gasteiger partial charge in [0, 0.05) is 18.1 Å². The number of hydrogen-bond acceptors (Lipinski definition) is 3. The highest BCUT2D eigenvalue weighted by molar-refractivity contribution is 6.03. The van der Waals surface area contributed by atoms with Gasteiger partial charge >= 0.3 is 0 Å². The molecule has 1 unspecified atom stereocenters. The topological polar surface area (TPSA) is 62.3 Å². The fraction of sp³-hybridized carbons (Fsp3) is 0.560. The van der Waals surface area contributed by atoms with Gasteiger partial charge in [0.15, 0.2) is 0 Å². The van der Waals surface area contributed by atoms with E-state index in [2.05, 4.69) is 10.3 Å². The van der Waals surface area contributed by atoms with E-state index in [1.54, 1.807) is 6.20 Å². The molecule has 4 saturated carbocycles. The van der Waals surface area contributed by atoms with Gasteiger partial charge in [-0.3, -0.25) is 14.6 Å². The quantitative estimate of drug-likeness (QED) is 0.827. The first-order valence-electron chi connectivity index (χ1n) is 11.6. The van der Waals surface area contributed by atoms with E-state index >= 15 is 0 Å². The molecule has 4 bridgehead atoms. The van der Waals surface area contributed by atoms with Crippen LogP contribution in [0, 0.1) is 23.2 Å². The second-order valence-corrected chi connectivity index (χ2v) is 10.2. The van der Waals surface area contributed by atoms with Gasteiger partial charge in [0.05, 0.1) is 16.6 Å². The number of fused-ring (bicyclic) bond motifs is 1. The average molecular weight is 404 g/mol. The molecular formula is C25H29N3O2. The fourth-order valence-electron chi connectivity index (χ4n) is 7.38. The Morgan fingerprint density at radius 2 is 1.70 bits per heavy atom. The van der Waals surface area contributed by atoms with E-state index in [9.17, 15) is 9.59 Å². The average Bonchev–Trinajstić information content (AvgIpc) is 3.22. The van der Waals surface area contributed by atoms with Crippen LogP contribution in [-0.2, 0) is 9.59 Å². The molecule has 2 aromatic rings. The number of likely N-dealkylation sites (tertiary alicyclic amines) is 1. The third kappa shape index (κ3) is 2.85. The maximum atomic E-state index is 13.8. The molecule has 4 aliphatic carbocycles. The van der Waals surface area contributed by atoms with Gasteiger partial charge in [0.1, 0.15) is 6.04 Å². The summed E-state index contributed by atoms with van der Waals surface area (Å²) in [6.07, 6.45) is 10.5. The molecule has 1 aliphatic heterocycles. The number of anilines is 1. The van der Waals surface area contributed by atoms with Crippen LogP contribution in [0.5, 0.6) is 0 Å². The highest BCUT2D eigenvalue weighted by Crippen LogP contribution is 2.60. The van der Waals surface area contributed by atoms with E-state index in [1.165, 1.54) is 19.3 Å². The minimum Gasteiger partial charge on any atom is -0.330 e. The SMILES string of the molecule is O=C(Nc1cccc2cccnc12)C1CCCN1C(=O)C12CC3CC(CC(C3)C1)C2. The second-order valence-electron chi connectivity index (χ2n) is 10.2. The number of benzene rings is 1. The molecule has 0 radical (unpaired) electrons. The smallest absolute Gasteiger partial charge is 0.247 e. The number of rotatable bonds is 3. The minimum absolute atomic E-state index is 0.0660. The van der Waals surface area contributed by atoms with E-state index in [4.69, 9.17) is 0 Å². The number of pyridine rings is 1. The standard InChI is InChI=1S/C25H29N3O2/c29-23(27-20-6-1-4-19-5-2-8-26-22(19)20)21-7-3-9-28(21)24(30)25-13-16-10-17(14-25)12-18(11-16)15-25/h1-2,4-6,8,16-18,21H,3,7,9-15H2,(H,27,29). The van der Waals surface area contributed by atoms with Gasteiger partial charge in [-0.1, -0.05) is 18.2 Å². The van der Waals surface area contributed by atoms with Crippen LogP contribution in [-0.4, -0.2) is 34.3 Å². The number of hydrogen-bond donors (Lipinski definition) is 1. The zero-order valence-corrected chi connectivity index (χ0v) is 17.3. The molecule has 30 heavy (non-hydrogen) atoms. The van der Waals surface area contributed by atoms with Crippen molar-refractivity contribution in [1.82, 2.24) is 9.88 Å². The van der Waals surface area contributed by atoms with Gasteiger partial charge < -0.3 is 10.2 Å². The van der Waals surface area contributed by atoms with E-state index in [0.717, 1.165) is 66.4 Å². The molecule has 2 amide bonds. The normalized spacial score (nSPS) is 34.5. The molecule has 1 aromatic heterocycles. The Balaban J connectivity index is 1.24. The summed E-state index contributed by atoms with van der Waals surface area (Å²) in [5.74, 6) is 2.41. The number of carbonyl (C=O) groups excluding carboxylic acids is 2. The first-order chi connectivity index (χ1) is 14.6. The summed E-state index contributed by atoms with van der Waals surface area (Å²) in [7, 11) is 0. The van der Waals surface area contributed by atoms with Crippen molar-refractivity contribution in [2.24, 2.45) is 23.2 Å². The Kier molecular flexibility index (Phi) is 4.15. The predicted octanol–water partition coefficient (Wildman–Crippen LogP) is 4.38. The Labute approximate surface area is 177 Å². The molecule has 156 valence electrons. The predicted molar refractivity (Wildman–Crippen MR) is 116 cm³/mol. The summed E-state index contributed by atoms with van der Waals surface area (Å²) in [5, 5.41) is 4.09. The van der Waals surface area contributed by atoms with Crippen molar-refractivity contribution in [3.05, 3.63) is 36.5 Å². The molecule has 5 fully saturated rings. The van der Waals surface area contributed by atoms with Crippen molar-refractivity contribution in [1.29, 1.82) is 0 Å². The van der Waals surface area contributed by atoms with E-state index in [-0.39, 0.29) is 23.3 Å². The summed E-state index contributed by atoms with van der Waals surface area (Å²) in [6.45, 7) is 0.715. The van der Waals surface area contributed by atoms with Crippen molar-refractivity contribution >= 4 is 28.4 Å². The summed E-state index contributed by atoms with van der Waals surface area (Å²) in [5.41, 5.74) is 1.34. The molecule has 1 aromatic carbocycles. The molecule has 1 N–H and O–H groups in total. The summed E-state index contributed by atoms with van der Waals surface area (Å²) >= 11 is 0. The Morgan fingerprint density at radius 1 is 1.00 bits per heavy atom. The maximum absolute atomic E-state index is 13.8. The second kappa shape index (κ2) is 6.79. The van der Waals surface area contributed by atoms with Crippen LogP contribution in [0.1, 0.15) is 51.4 Å². The third-order valence-corrected chi connectivity index (χ3v) is 8.20. The number of amides is 2. The molecule has 7 rings (SSSR count). The van der Waals surface area contributed by atoms with Crippen LogP contribution >= 0.6 is 0 Å². The van der Waals surface area contributed by atoms with Crippen molar-refractivity contribution < 1.29 is 9.59 Å². The number of para-hydroxylation sites is 1. The van der Waals surface area contributed by atoms with Gasteiger partial charge in [0.25, 0.3) is 0 Å². The van der Waals surface area contributed by atoms with Gasteiger partial charge in [-0.2, -0.15) is 0 Å². The van der Waals surface area contributed by atoms with E-state index < -0.39 is 0 Å². The maximum Gasteiger partial charge on any atom is 0.247 e. The summed E-state index contributed by atoms with van der Waals surface area (Å²) < 4.78 is 0. The van der Waals surface area contributed by atoms with Crippen molar-refractivity contribution in [3.63, 3.8) is 0 Å². The molecule has 1 atom stereocenters. The highest BCUT2D eigenvalue weighted by atomic mass is 16.2. The van der Waals surface area contributed by atoms with Crippen LogP contribution in [0.2, 0.25) is 0 Å². The van der Waals surface area contributed by atoms with Gasteiger partial charge in [-0.15, -0.1) is 0 Å². The van der Waals surface area contributed by atoms with Gasteiger partial charge in [0.2, 0.25) is 11.8 Å². The van der Waals surface area contributed by atoms with Gasteiger partial charge in [-0.05, 0) is 81.3 Å². The van der Waals surface area contributed by atoms with Crippen molar-refractivity contribution in [2.45, 2.75) is 57.4 Å². The number of aromatic nitrogens is 1. The highest BCUT2D eigenvalue weighted by Gasteiger charge is 2.56. The third-order valence-electron chi connectivity index (χ3n) is 8.20. The number of nitrogens with zero attached hydrogens (tertiary/aromatic N) is 2. The van der Waals surface area contributed by atoms with E-state index in [1.807, 2.05) is 35.2 Å². The zero-order chi connectivity index (χ0) is 20.3. The summed E-state index contributed by atoms with van der Waals surface area (Å²) in [6, 6.07) is 9.37. The Bertz CT molecular complexity index is 976. The largest absolute Gasteiger partial charge is 0.330 e. The van der Waals surface area contributed by atoms with Gasteiger partial charge in [-0.25, -0.2) is 0 Å². The summed E-state index contributed by atoms with van der Waals surface area (Å²) in [4.78, 5) is 33.5. The van der Waals surface area contributed by atoms with Crippen molar-refractivity contribution in [3.8, 4) is 0 Å². The molecular weight excluding hydrogens is 374 g/mol. The van der Waals surface area contributed by atoms with Crippen LogP contribution in [0.25, 0.3) is 10.9 Å². The van der Waals surface area contributed by atoms with E-state index in [0.29, 0.717) is 6.54 Å². The van der Waals surface area contributed by atoms with Crippen LogP contribution < -0.4 is 5.32 Å². The fourth-order valence-corrected chi connectivity index (χ4v) is 7.38. The van der Waals surface area contributed by atoms with Crippen molar-refractivity contribution in [2.75, 3.05) is 11.9 Å². The Hall–Kier alpha value is -2.43.